The Morgan fingerprint density at radius 1 is 1.30 bits per heavy atom. The summed E-state index contributed by atoms with van der Waals surface area (Å²) in [5, 5.41) is 0. The first kappa shape index (κ1) is 19.4. The van der Waals surface area contributed by atoms with Gasteiger partial charge in [-0.2, -0.15) is 13.2 Å². The average molecular weight is 382 g/mol. The van der Waals surface area contributed by atoms with Crippen molar-refractivity contribution < 1.29 is 22.7 Å². The molecule has 1 fully saturated rings. The van der Waals surface area contributed by atoms with E-state index >= 15 is 0 Å². The minimum absolute atomic E-state index is 0.101. The van der Waals surface area contributed by atoms with Crippen LogP contribution in [0.4, 0.5) is 13.2 Å². The van der Waals surface area contributed by atoms with E-state index in [4.69, 9.17) is 4.74 Å². The van der Waals surface area contributed by atoms with Crippen LogP contribution in [0, 0.1) is 13.8 Å². The Morgan fingerprint density at radius 3 is 2.67 bits per heavy atom. The van der Waals surface area contributed by atoms with E-state index in [0.29, 0.717) is 18.3 Å². The number of ketones is 1. The maximum atomic E-state index is 12.9. The minimum Gasteiger partial charge on any atom is -0.376 e. The molecule has 0 amide bonds. The standard InChI is InChI=1S/C19H21F3N2O3/c1-12-8-16(13(2)24(12)10-15-4-3-7-27-15)17(25)11-23-9-14(19(20,21)22)5-6-18(23)26/h5-6,8-9,15H,3-4,7,10-11H2,1-2H3. The molecule has 1 unspecified atom stereocenters. The second-order valence-corrected chi connectivity index (χ2v) is 6.84. The van der Waals surface area contributed by atoms with E-state index in [1.54, 1.807) is 13.0 Å². The largest absolute Gasteiger partial charge is 0.417 e. The molecule has 0 N–H and O–H groups in total. The highest BCUT2D eigenvalue weighted by Crippen LogP contribution is 2.28. The Hall–Kier alpha value is -2.35. The number of hydrogen-bond acceptors (Lipinski definition) is 3. The van der Waals surface area contributed by atoms with Crippen molar-refractivity contribution in [2.24, 2.45) is 0 Å². The number of pyridine rings is 1. The van der Waals surface area contributed by atoms with Gasteiger partial charge in [0.15, 0.2) is 5.78 Å². The van der Waals surface area contributed by atoms with Gasteiger partial charge in [-0.15, -0.1) is 0 Å². The SMILES string of the molecule is Cc1cc(C(=O)Cn2cc(C(F)(F)F)ccc2=O)c(C)n1CC1CCCO1. The summed E-state index contributed by atoms with van der Waals surface area (Å²) in [5.74, 6) is -0.400. The van der Waals surface area contributed by atoms with Crippen molar-refractivity contribution in [1.82, 2.24) is 9.13 Å². The predicted molar refractivity (Wildman–Crippen MR) is 92.9 cm³/mol. The molecule has 1 aliphatic heterocycles. The van der Waals surface area contributed by atoms with Crippen molar-refractivity contribution in [3.8, 4) is 0 Å². The number of Topliss-reactive ketones (excluding diaryl/α,β-unsaturated/α-hetero) is 1. The summed E-state index contributed by atoms with van der Waals surface area (Å²) in [6.45, 7) is 4.59. The van der Waals surface area contributed by atoms with Crippen LogP contribution in [0.1, 0.15) is 40.2 Å². The van der Waals surface area contributed by atoms with E-state index in [0.717, 1.165) is 47.5 Å². The number of ether oxygens (including phenoxy) is 1. The molecule has 1 atom stereocenters. The van der Waals surface area contributed by atoms with E-state index in [9.17, 15) is 22.8 Å². The van der Waals surface area contributed by atoms with Crippen LogP contribution in [0.3, 0.4) is 0 Å². The summed E-state index contributed by atoms with van der Waals surface area (Å²) in [6, 6.07) is 3.26. The Bertz CT molecular complexity index is 906. The van der Waals surface area contributed by atoms with Gasteiger partial charge in [-0.3, -0.25) is 9.59 Å². The molecule has 8 heteroatoms. The average Bonchev–Trinajstić information content (AvgIpc) is 3.19. The van der Waals surface area contributed by atoms with Crippen molar-refractivity contribution in [2.75, 3.05) is 6.61 Å². The van der Waals surface area contributed by atoms with Crippen molar-refractivity contribution in [1.29, 1.82) is 0 Å². The third-order valence-electron chi connectivity index (χ3n) is 4.91. The summed E-state index contributed by atoms with van der Waals surface area (Å²) in [7, 11) is 0. The topological polar surface area (TPSA) is 53.2 Å². The molecular weight excluding hydrogens is 361 g/mol. The van der Waals surface area contributed by atoms with Crippen LogP contribution in [0.5, 0.6) is 0 Å². The lowest BCUT2D eigenvalue weighted by molar-refractivity contribution is -0.138. The molecular formula is C19H21F3N2O3. The summed E-state index contributed by atoms with van der Waals surface area (Å²) < 4.78 is 47.0. The van der Waals surface area contributed by atoms with Gasteiger partial charge in [0.25, 0.3) is 5.56 Å². The fraction of sp³-hybridized carbons (Fsp3) is 0.474. The number of nitrogens with zero attached hydrogens (tertiary/aromatic N) is 2. The molecule has 3 rings (SSSR count). The first-order valence-electron chi connectivity index (χ1n) is 8.76. The second-order valence-electron chi connectivity index (χ2n) is 6.84. The van der Waals surface area contributed by atoms with Crippen LogP contribution in [-0.2, 0) is 24.0 Å². The number of rotatable bonds is 5. The van der Waals surface area contributed by atoms with Crippen LogP contribution in [-0.4, -0.2) is 27.6 Å². The predicted octanol–water partition coefficient (Wildman–Crippen LogP) is 3.35. The van der Waals surface area contributed by atoms with Crippen LogP contribution in [0.25, 0.3) is 0 Å². The number of alkyl halides is 3. The van der Waals surface area contributed by atoms with Gasteiger partial charge >= 0.3 is 6.18 Å². The Morgan fingerprint density at radius 2 is 2.04 bits per heavy atom. The monoisotopic (exact) mass is 382 g/mol. The lowest BCUT2D eigenvalue weighted by Crippen LogP contribution is -2.25. The molecule has 5 nitrogen and oxygen atoms in total. The molecule has 0 bridgehead atoms. The van der Waals surface area contributed by atoms with Gasteiger partial charge < -0.3 is 13.9 Å². The van der Waals surface area contributed by atoms with Gasteiger partial charge in [0.05, 0.1) is 18.2 Å². The van der Waals surface area contributed by atoms with E-state index < -0.39 is 29.6 Å². The highest BCUT2D eigenvalue weighted by molar-refractivity contribution is 5.97. The lowest BCUT2D eigenvalue weighted by Gasteiger charge is -2.15. The highest BCUT2D eigenvalue weighted by atomic mass is 19.4. The van der Waals surface area contributed by atoms with Crippen LogP contribution < -0.4 is 5.56 Å². The molecule has 0 aromatic carbocycles. The van der Waals surface area contributed by atoms with Gasteiger partial charge in [-0.1, -0.05) is 0 Å². The molecule has 0 aliphatic carbocycles. The molecule has 0 saturated carbocycles. The maximum Gasteiger partial charge on any atom is 0.417 e. The Kier molecular flexibility index (Phi) is 5.28. The van der Waals surface area contributed by atoms with E-state index in [1.807, 2.05) is 11.5 Å². The van der Waals surface area contributed by atoms with E-state index in [-0.39, 0.29) is 6.10 Å². The van der Waals surface area contributed by atoms with Crippen molar-refractivity contribution in [3.63, 3.8) is 0 Å². The molecule has 2 aromatic heterocycles. The van der Waals surface area contributed by atoms with Crippen molar-refractivity contribution in [2.45, 2.75) is 52.1 Å². The first-order valence-corrected chi connectivity index (χ1v) is 8.76. The van der Waals surface area contributed by atoms with Gasteiger partial charge in [0, 0.05) is 42.4 Å². The molecule has 0 spiro atoms. The fourth-order valence-electron chi connectivity index (χ4n) is 3.42. The van der Waals surface area contributed by atoms with Crippen LogP contribution in [0.15, 0.2) is 29.2 Å². The van der Waals surface area contributed by atoms with Crippen LogP contribution in [0.2, 0.25) is 0 Å². The van der Waals surface area contributed by atoms with Crippen molar-refractivity contribution >= 4 is 5.78 Å². The number of halogens is 3. The minimum atomic E-state index is -4.57. The third-order valence-corrected chi connectivity index (χ3v) is 4.91. The maximum absolute atomic E-state index is 12.9. The zero-order valence-corrected chi connectivity index (χ0v) is 15.2. The third kappa shape index (κ3) is 4.16. The van der Waals surface area contributed by atoms with Gasteiger partial charge in [0.1, 0.15) is 0 Å². The smallest absolute Gasteiger partial charge is 0.376 e. The fourth-order valence-corrected chi connectivity index (χ4v) is 3.42. The second kappa shape index (κ2) is 7.34. The summed E-state index contributed by atoms with van der Waals surface area (Å²) in [4.78, 5) is 24.5. The highest BCUT2D eigenvalue weighted by Gasteiger charge is 2.31. The molecule has 146 valence electrons. The zero-order chi connectivity index (χ0) is 19.8. The van der Waals surface area contributed by atoms with E-state index in [1.165, 1.54) is 0 Å². The van der Waals surface area contributed by atoms with Crippen molar-refractivity contribution in [3.05, 3.63) is 57.3 Å². The van der Waals surface area contributed by atoms with Gasteiger partial charge in [-0.05, 0) is 38.8 Å². The molecule has 2 aromatic rings. The molecule has 3 heterocycles. The number of carbonyl (C=O) groups excluding carboxylic acids is 1. The molecule has 27 heavy (non-hydrogen) atoms. The Labute approximate surface area is 154 Å². The Balaban J connectivity index is 1.84. The van der Waals surface area contributed by atoms with Crippen LogP contribution >= 0.6 is 0 Å². The number of hydrogen-bond donors (Lipinski definition) is 0. The molecule has 0 radical (unpaired) electrons. The summed E-state index contributed by atoms with van der Waals surface area (Å²) in [5.41, 5.74) is 0.411. The first-order chi connectivity index (χ1) is 12.7. The quantitative estimate of drug-likeness (QED) is 0.746. The summed E-state index contributed by atoms with van der Waals surface area (Å²) in [6.07, 6.45) is -1.82. The number of aromatic nitrogens is 2. The number of carbonyl (C=O) groups is 1. The zero-order valence-electron chi connectivity index (χ0n) is 15.2. The van der Waals surface area contributed by atoms with Gasteiger partial charge in [-0.25, -0.2) is 0 Å². The normalized spacial score (nSPS) is 17.4. The molecule has 1 saturated heterocycles. The van der Waals surface area contributed by atoms with Gasteiger partial charge in [0.2, 0.25) is 0 Å². The number of aryl methyl sites for hydroxylation is 1. The van der Waals surface area contributed by atoms with E-state index in [2.05, 4.69) is 0 Å². The summed E-state index contributed by atoms with van der Waals surface area (Å²) >= 11 is 0. The lowest BCUT2D eigenvalue weighted by atomic mass is 10.1. The molecule has 1 aliphatic rings.